The number of phenolic OH excluding ortho intramolecular Hbond substituents is 1. The lowest BCUT2D eigenvalue weighted by Crippen LogP contribution is -2.42. The summed E-state index contributed by atoms with van der Waals surface area (Å²) in [5.74, 6) is -2.19. The lowest BCUT2D eigenvalue weighted by atomic mass is 10.0. The smallest absolute Gasteiger partial charge is 0.408 e. The summed E-state index contributed by atoms with van der Waals surface area (Å²) >= 11 is 0. The van der Waals surface area contributed by atoms with E-state index in [1.807, 2.05) is 0 Å². The Hall–Kier alpha value is -5.19. The summed E-state index contributed by atoms with van der Waals surface area (Å²) in [6, 6.07) is 17.2. The van der Waals surface area contributed by atoms with Gasteiger partial charge in [-0.15, -0.1) is 0 Å². The van der Waals surface area contributed by atoms with E-state index in [1.54, 1.807) is 43.3 Å². The zero-order valence-electron chi connectivity index (χ0n) is 21.3. The Morgan fingerprint density at radius 3 is 2.40 bits per heavy atom. The van der Waals surface area contributed by atoms with E-state index in [-0.39, 0.29) is 29.8 Å². The number of carboxylic acids is 1. The SMILES string of the molecule is CC(OC(=O)NCc1conc1-c1ccc(C(=O)NC(Cc2ccc(O)cc2)C(=O)O)cc1)c1ccccc1F. The molecule has 2 atom stereocenters. The highest BCUT2D eigenvalue weighted by Crippen LogP contribution is 2.24. The van der Waals surface area contributed by atoms with Crippen LogP contribution in [0.1, 0.15) is 40.1 Å². The zero-order chi connectivity index (χ0) is 28.6. The number of halogens is 1. The molecule has 11 heteroatoms. The number of amides is 2. The number of aromatic hydroxyl groups is 1. The molecule has 0 aliphatic carbocycles. The molecule has 0 fully saturated rings. The lowest BCUT2D eigenvalue weighted by Gasteiger charge is -2.15. The average molecular weight is 548 g/mol. The van der Waals surface area contributed by atoms with Crippen molar-refractivity contribution in [2.24, 2.45) is 0 Å². The molecule has 0 saturated heterocycles. The molecule has 4 rings (SSSR count). The standard InChI is InChI=1S/C29H26FN3O7/c1-17(23-4-2-3-5-24(23)30)40-29(38)31-15-21-16-39-33-26(21)19-8-10-20(11-9-19)27(35)32-25(28(36)37)14-18-6-12-22(34)13-7-18/h2-13,16-17,25,34H,14-15H2,1H3,(H,31,38)(H,32,35)(H,36,37). The normalized spacial score (nSPS) is 12.2. The van der Waals surface area contributed by atoms with Crippen molar-refractivity contribution >= 4 is 18.0 Å². The molecule has 4 N–H and O–H groups in total. The van der Waals surface area contributed by atoms with Gasteiger partial charge in [-0.2, -0.15) is 0 Å². The molecule has 0 spiro atoms. The van der Waals surface area contributed by atoms with Gasteiger partial charge in [0.2, 0.25) is 0 Å². The van der Waals surface area contributed by atoms with E-state index in [9.17, 15) is 29.0 Å². The molecule has 2 unspecified atom stereocenters. The second-order valence-electron chi connectivity index (χ2n) is 8.92. The van der Waals surface area contributed by atoms with Crippen LogP contribution in [0.3, 0.4) is 0 Å². The number of carbonyl (C=O) groups excluding carboxylic acids is 2. The highest BCUT2D eigenvalue weighted by atomic mass is 19.1. The number of nitrogens with zero attached hydrogens (tertiary/aromatic N) is 1. The molecular weight excluding hydrogens is 521 g/mol. The molecule has 2 amide bonds. The van der Waals surface area contributed by atoms with Crippen molar-refractivity contribution in [2.75, 3.05) is 0 Å². The Balaban J connectivity index is 1.35. The first-order chi connectivity index (χ1) is 19.2. The molecule has 0 aliphatic heterocycles. The number of hydrogen-bond acceptors (Lipinski definition) is 7. The van der Waals surface area contributed by atoms with Crippen LogP contribution in [0.4, 0.5) is 9.18 Å². The maximum atomic E-state index is 13.9. The molecule has 0 radical (unpaired) electrons. The monoisotopic (exact) mass is 547 g/mol. The Bertz CT molecular complexity index is 1490. The van der Waals surface area contributed by atoms with E-state index < -0.39 is 35.9 Å². The van der Waals surface area contributed by atoms with Crippen LogP contribution in [0.15, 0.2) is 83.6 Å². The van der Waals surface area contributed by atoms with Crippen molar-refractivity contribution in [1.82, 2.24) is 15.8 Å². The topological polar surface area (TPSA) is 151 Å². The quantitative estimate of drug-likeness (QED) is 0.225. The number of rotatable bonds is 10. The number of hydrogen-bond donors (Lipinski definition) is 4. The van der Waals surface area contributed by atoms with E-state index in [1.165, 1.54) is 42.7 Å². The van der Waals surface area contributed by atoms with Gasteiger partial charge in [-0.1, -0.05) is 47.6 Å². The van der Waals surface area contributed by atoms with Gasteiger partial charge >= 0.3 is 12.1 Å². The Labute approximate surface area is 228 Å². The van der Waals surface area contributed by atoms with E-state index >= 15 is 0 Å². The number of aromatic nitrogens is 1. The first kappa shape index (κ1) is 27.8. The maximum Gasteiger partial charge on any atom is 0.408 e. The van der Waals surface area contributed by atoms with Gasteiger partial charge in [-0.3, -0.25) is 4.79 Å². The van der Waals surface area contributed by atoms with Gasteiger partial charge in [0.25, 0.3) is 5.91 Å². The number of nitrogens with one attached hydrogen (secondary N) is 2. The number of benzene rings is 3. The van der Waals surface area contributed by atoms with Crippen LogP contribution >= 0.6 is 0 Å². The first-order valence-corrected chi connectivity index (χ1v) is 12.3. The van der Waals surface area contributed by atoms with Crippen molar-refractivity contribution in [3.63, 3.8) is 0 Å². The van der Waals surface area contributed by atoms with Crippen LogP contribution in [-0.2, 0) is 22.5 Å². The average Bonchev–Trinajstić information content (AvgIpc) is 3.41. The van der Waals surface area contributed by atoms with E-state index in [4.69, 9.17) is 9.26 Å². The highest BCUT2D eigenvalue weighted by Gasteiger charge is 2.22. The molecule has 0 bridgehead atoms. The number of phenols is 1. The fourth-order valence-electron chi connectivity index (χ4n) is 3.95. The third kappa shape index (κ3) is 7.01. The number of ether oxygens (including phenoxy) is 1. The predicted molar refractivity (Wildman–Crippen MR) is 141 cm³/mol. The fraction of sp³-hybridized carbons (Fsp3) is 0.172. The molecule has 40 heavy (non-hydrogen) atoms. The minimum atomic E-state index is -1.19. The summed E-state index contributed by atoms with van der Waals surface area (Å²) in [7, 11) is 0. The number of carboxylic acid groups (broad SMARTS) is 1. The van der Waals surface area contributed by atoms with Crippen LogP contribution in [0.2, 0.25) is 0 Å². The molecule has 1 heterocycles. The van der Waals surface area contributed by atoms with Gasteiger partial charge in [0.15, 0.2) is 0 Å². The zero-order valence-corrected chi connectivity index (χ0v) is 21.3. The molecular formula is C29H26FN3O7. The molecule has 10 nitrogen and oxygen atoms in total. The number of alkyl carbamates (subject to hydrolysis) is 1. The van der Waals surface area contributed by atoms with Crippen LogP contribution in [0, 0.1) is 5.82 Å². The molecule has 0 saturated carbocycles. The van der Waals surface area contributed by atoms with E-state index in [0.717, 1.165) is 0 Å². The summed E-state index contributed by atoms with van der Waals surface area (Å²) in [4.78, 5) is 36.7. The number of aliphatic carboxylic acids is 1. The van der Waals surface area contributed by atoms with Gasteiger partial charge in [0.05, 0.1) is 6.54 Å². The van der Waals surface area contributed by atoms with E-state index in [2.05, 4.69) is 15.8 Å². The summed E-state index contributed by atoms with van der Waals surface area (Å²) < 4.78 is 24.2. The highest BCUT2D eigenvalue weighted by molar-refractivity contribution is 5.97. The van der Waals surface area contributed by atoms with Crippen LogP contribution < -0.4 is 10.6 Å². The minimum Gasteiger partial charge on any atom is -0.508 e. The second kappa shape index (κ2) is 12.6. The third-order valence-electron chi connectivity index (χ3n) is 6.09. The number of carbonyl (C=O) groups is 3. The largest absolute Gasteiger partial charge is 0.508 e. The van der Waals surface area contributed by atoms with Crippen molar-refractivity contribution in [1.29, 1.82) is 0 Å². The van der Waals surface area contributed by atoms with Gasteiger partial charge in [-0.25, -0.2) is 14.0 Å². The molecule has 4 aromatic rings. The first-order valence-electron chi connectivity index (χ1n) is 12.3. The molecule has 206 valence electrons. The Morgan fingerprint density at radius 1 is 1.02 bits per heavy atom. The Kier molecular flexibility index (Phi) is 8.75. The minimum absolute atomic E-state index is 0.0153. The van der Waals surface area contributed by atoms with Crippen molar-refractivity contribution in [3.8, 4) is 17.0 Å². The van der Waals surface area contributed by atoms with Gasteiger partial charge < -0.3 is 30.1 Å². The van der Waals surface area contributed by atoms with Gasteiger partial charge in [0, 0.05) is 28.7 Å². The lowest BCUT2D eigenvalue weighted by molar-refractivity contribution is -0.139. The van der Waals surface area contributed by atoms with Crippen molar-refractivity contribution in [2.45, 2.75) is 32.0 Å². The van der Waals surface area contributed by atoms with Gasteiger partial charge in [-0.05, 0) is 42.8 Å². The van der Waals surface area contributed by atoms with Crippen molar-refractivity contribution < 1.29 is 38.2 Å². The Morgan fingerprint density at radius 2 is 1.73 bits per heavy atom. The van der Waals surface area contributed by atoms with E-state index in [0.29, 0.717) is 22.4 Å². The summed E-state index contributed by atoms with van der Waals surface area (Å²) in [5.41, 5.74) is 2.67. The predicted octanol–water partition coefficient (Wildman–Crippen LogP) is 4.60. The molecule has 3 aromatic carbocycles. The van der Waals surface area contributed by atoms with Crippen LogP contribution in [-0.4, -0.2) is 39.4 Å². The summed E-state index contributed by atoms with van der Waals surface area (Å²) in [6.07, 6.45) is -0.160. The fourth-order valence-corrected chi connectivity index (χ4v) is 3.95. The summed E-state index contributed by atoms with van der Waals surface area (Å²) in [6.45, 7) is 1.58. The summed E-state index contributed by atoms with van der Waals surface area (Å²) in [5, 5.41) is 28.0. The molecule has 0 aliphatic rings. The van der Waals surface area contributed by atoms with Crippen molar-refractivity contribution in [3.05, 3.63) is 107 Å². The van der Waals surface area contributed by atoms with Crippen LogP contribution in [0.25, 0.3) is 11.3 Å². The third-order valence-corrected chi connectivity index (χ3v) is 6.09. The molecule has 1 aromatic heterocycles. The van der Waals surface area contributed by atoms with Crippen LogP contribution in [0.5, 0.6) is 5.75 Å². The second-order valence-corrected chi connectivity index (χ2v) is 8.92. The maximum absolute atomic E-state index is 13.9. The van der Waals surface area contributed by atoms with Gasteiger partial charge in [0.1, 0.15) is 35.7 Å².